The van der Waals surface area contributed by atoms with E-state index >= 15 is 0 Å². The maximum atomic E-state index is 11.3. The number of hydrogen-bond donors (Lipinski definition) is 2. The largest absolute Gasteiger partial charge is 0.465 e. The number of methoxy groups -OCH3 is 1. The zero-order chi connectivity index (χ0) is 13.4. The molecule has 0 fully saturated rings. The van der Waals surface area contributed by atoms with E-state index in [4.69, 9.17) is 0 Å². The minimum absolute atomic E-state index is 0.230. The van der Waals surface area contributed by atoms with E-state index in [1.165, 1.54) is 13.3 Å². The summed E-state index contributed by atoms with van der Waals surface area (Å²) in [5, 5.41) is 5.17. The van der Waals surface area contributed by atoms with Crippen molar-refractivity contribution in [3.05, 3.63) is 42.2 Å². The molecule has 0 aliphatic carbocycles. The molecule has 0 aliphatic rings. The van der Waals surface area contributed by atoms with Crippen LogP contribution in [0.25, 0.3) is 0 Å². The number of esters is 1. The third-order valence-electron chi connectivity index (χ3n) is 2.07. The van der Waals surface area contributed by atoms with Crippen molar-refractivity contribution in [3.8, 4) is 0 Å². The molecule has 96 valence electrons. The van der Waals surface area contributed by atoms with Gasteiger partial charge in [-0.05, 0) is 12.1 Å². The van der Waals surface area contributed by atoms with Crippen LogP contribution in [0, 0.1) is 0 Å². The Bertz CT molecular complexity index is 446. The van der Waals surface area contributed by atoms with Gasteiger partial charge in [-0.1, -0.05) is 6.08 Å². The van der Waals surface area contributed by atoms with Crippen LogP contribution in [0.4, 0.5) is 4.79 Å². The molecule has 0 unspecified atom stereocenters. The van der Waals surface area contributed by atoms with Gasteiger partial charge in [0.15, 0.2) is 0 Å². The lowest BCUT2D eigenvalue weighted by Crippen LogP contribution is -2.35. The highest BCUT2D eigenvalue weighted by molar-refractivity contribution is 5.89. The van der Waals surface area contributed by atoms with Crippen molar-refractivity contribution in [3.63, 3.8) is 0 Å². The molecule has 1 heterocycles. The number of carbonyl (C=O) groups is 2. The Morgan fingerprint density at radius 2 is 2.28 bits per heavy atom. The van der Waals surface area contributed by atoms with E-state index in [2.05, 4.69) is 26.9 Å². The Labute approximate surface area is 105 Å². The van der Waals surface area contributed by atoms with Crippen LogP contribution in [0.2, 0.25) is 0 Å². The zero-order valence-corrected chi connectivity index (χ0v) is 10.1. The quantitative estimate of drug-likeness (QED) is 0.599. The van der Waals surface area contributed by atoms with Gasteiger partial charge in [0.1, 0.15) is 0 Å². The molecule has 1 rings (SSSR count). The van der Waals surface area contributed by atoms with Crippen LogP contribution in [0.1, 0.15) is 16.1 Å². The number of urea groups is 1. The van der Waals surface area contributed by atoms with Gasteiger partial charge >= 0.3 is 12.0 Å². The second-order valence-electron chi connectivity index (χ2n) is 3.38. The van der Waals surface area contributed by atoms with E-state index in [0.717, 1.165) is 0 Å². The summed E-state index contributed by atoms with van der Waals surface area (Å²) in [4.78, 5) is 26.6. The number of nitrogens with one attached hydrogen (secondary N) is 2. The van der Waals surface area contributed by atoms with E-state index < -0.39 is 5.97 Å². The van der Waals surface area contributed by atoms with Crippen molar-refractivity contribution in [2.24, 2.45) is 0 Å². The minimum atomic E-state index is -0.435. The average molecular weight is 249 g/mol. The first-order valence-corrected chi connectivity index (χ1v) is 5.33. The number of rotatable bonds is 5. The number of nitrogens with zero attached hydrogens (tertiary/aromatic N) is 1. The Kier molecular flexibility index (Phi) is 5.37. The maximum absolute atomic E-state index is 11.3. The van der Waals surface area contributed by atoms with Gasteiger partial charge in [-0.15, -0.1) is 6.58 Å². The van der Waals surface area contributed by atoms with Gasteiger partial charge in [-0.2, -0.15) is 0 Å². The van der Waals surface area contributed by atoms with Gasteiger partial charge in [-0.3, -0.25) is 4.98 Å². The summed E-state index contributed by atoms with van der Waals surface area (Å²) < 4.78 is 4.59. The molecule has 6 nitrogen and oxygen atoms in total. The van der Waals surface area contributed by atoms with E-state index in [0.29, 0.717) is 17.8 Å². The van der Waals surface area contributed by atoms with Crippen molar-refractivity contribution < 1.29 is 14.3 Å². The molecule has 1 aromatic rings. The van der Waals surface area contributed by atoms with Crippen LogP contribution in [0.3, 0.4) is 0 Å². The van der Waals surface area contributed by atoms with Crippen LogP contribution < -0.4 is 10.6 Å². The fourth-order valence-corrected chi connectivity index (χ4v) is 1.22. The number of amides is 2. The lowest BCUT2D eigenvalue weighted by molar-refractivity contribution is 0.0600. The molecule has 0 saturated carbocycles. The molecule has 2 amide bonds. The number of pyridine rings is 1. The Hall–Kier alpha value is -2.37. The first-order valence-electron chi connectivity index (χ1n) is 5.33. The molecule has 0 atom stereocenters. The third-order valence-corrected chi connectivity index (χ3v) is 2.07. The highest BCUT2D eigenvalue weighted by Gasteiger charge is 2.07. The van der Waals surface area contributed by atoms with Crippen molar-refractivity contribution in [2.75, 3.05) is 13.7 Å². The molecule has 1 aromatic heterocycles. The molecule has 0 spiro atoms. The molecule has 18 heavy (non-hydrogen) atoms. The summed E-state index contributed by atoms with van der Waals surface area (Å²) in [5.74, 6) is -0.435. The molecule has 2 N–H and O–H groups in total. The first kappa shape index (κ1) is 13.7. The highest BCUT2D eigenvalue weighted by atomic mass is 16.5. The van der Waals surface area contributed by atoms with E-state index in [9.17, 15) is 9.59 Å². The van der Waals surface area contributed by atoms with Gasteiger partial charge in [0.05, 0.1) is 24.9 Å². The van der Waals surface area contributed by atoms with Crippen LogP contribution in [0.5, 0.6) is 0 Å². The van der Waals surface area contributed by atoms with Crippen molar-refractivity contribution in [1.29, 1.82) is 0 Å². The smallest absolute Gasteiger partial charge is 0.337 e. The van der Waals surface area contributed by atoms with Crippen molar-refractivity contribution >= 4 is 12.0 Å². The van der Waals surface area contributed by atoms with E-state index in [1.54, 1.807) is 18.2 Å². The number of aromatic nitrogens is 1. The van der Waals surface area contributed by atoms with Gasteiger partial charge in [0.25, 0.3) is 0 Å². The summed E-state index contributed by atoms with van der Waals surface area (Å²) >= 11 is 0. The number of ether oxygens (including phenoxy) is 1. The zero-order valence-electron chi connectivity index (χ0n) is 10.1. The van der Waals surface area contributed by atoms with Gasteiger partial charge < -0.3 is 15.4 Å². The summed E-state index contributed by atoms with van der Waals surface area (Å²) in [6.07, 6.45) is 3.07. The SMILES string of the molecule is C=CCNC(=O)NCc1cc(C(=O)OC)ccn1. The van der Waals surface area contributed by atoms with Crippen LogP contribution >= 0.6 is 0 Å². The lowest BCUT2D eigenvalue weighted by atomic mass is 10.2. The molecule has 0 bridgehead atoms. The monoisotopic (exact) mass is 249 g/mol. The number of carbonyl (C=O) groups excluding carboxylic acids is 2. The third kappa shape index (κ3) is 4.25. The molecular weight excluding hydrogens is 234 g/mol. The highest BCUT2D eigenvalue weighted by Crippen LogP contribution is 2.03. The molecule has 0 aromatic carbocycles. The fourth-order valence-electron chi connectivity index (χ4n) is 1.22. The second kappa shape index (κ2) is 7.05. The normalized spacial score (nSPS) is 9.39. The van der Waals surface area contributed by atoms with Crippen molar-refractivity contribution in [2.45, 2.75) is 6.54 Å². The van der Waals surface area contributed by atoms with Crippen LogP contribution in [-0.2, 0) is 11.3 Å². The average Bonchev–Trinajstić information content (AvgIpc) is 2.42. The summed E-state index contributed by atoms with van der Waals surface area (Å²) in [5.41, 5.74) is 0.974. The van der Waals surface area contributed by atoms with E-state index in [-0.39, 0.29) is 12.6 Å². The Balaban J connectivity index is 2.54. The summed E-state index contributed by atoms with van der Waals surface area (Å²) in [6.45, 7) is 4.11. The van der Waals surface area contributed by atoms with Crippen LogP contribution in [0.15, 0.2) is 31.0 Å². The Morgan fingerprint density at radius 3 is 2.94 bits per heavy atom. The second-order valence-corrected chi connectivity index (χ2v) is 3.38. The molecule has 0 aliphatic heterocycles. The Morgan fingerprint density at radius 1 is 1.50 bits per heavy atom. The maximum Gasteiger partial charge on any atom is 0.337 e. The first-order chi connectivity index (χ1) is 8.67. The summed E-state index contributed by atoms with van der Waals surface area (Å²) in [6, 6.07) is 2.80. The van der Waals surface area contributed by atoms with Crippen molar-refractivity contribution in [1.82, 2.24) is 15.6 Å². The molecule has 0 saturated heterocycles. The van der Waals surface area contributed by atoms with Gasteiger partial charge in [-0.25, -0.2) is 9.59 Å². The fraction of sp³-hybridized carbons (Fsp3) is 0.250. The standard InChI is InChI=1S/C12H15N3O3/c1-3-5-14-12(17)15-8-10-7-9(4-6-13-10)11(16)18-2/h3-4,6-7H,1,5,8H2,2H3,(H2,14,15,17). The minimum Gasteiger partial charge on any atom is -0.465 e. The lowest BCUT2D eigenvalue weighted by Gasteiger charge is -2.06. The summed E-state index contributed by atoms with van der Waals surface area (Å²) in [7, 11) is 1.31. The van der Waals surface area contributed by atoms with Crippen LogP contribution in [-0.4, -0.2) is 30.6 Å². The predicted octanol–water partition coefficient (Wildman–Crippen LogP) is 0.853. The molecule has 0 radical (unpaired) electrons. The van der Waals surface area contributed by atoms with E-state index in [1.807, 2.05) is 0 Å². The van der Waals surface area contributed by atoms with Gasteiger partial charge in [0.2, 0.25) is 0 Å². The molecule has 6 heteroatoms. The number of hydrogen-bond acceptors (Lipinski definition) is 4. The molecular formula is C12H15N3O3. The van der Waals surface area contributed by atoms with Gasteiger partial charge in [0, 0.05) is 12.7 Å². The topological polar surface area (TPSA) is 80.3 Å². The predicted molar refractivity (Wildman–Crippen MR) is 66.0 cm³/mol.